The second-order valence-corrected chi connectivity index (χ2v) is 10.1. The third kappa shape index (κ3) is 3.86. The summed E-state index contributed by atoms with van der Waals surface area (Å²) in [6, 6.07) is 3.88. The quantitative estimate of drug-likeness (QED) is 0.630. The minimum atomic E-state index is -5.22. The fourth-order valence-corrected chi connectivity index (χ4v) is 6.69. The maximum atomic E-state index is 14.0. The highest BCUT2D eigenvalue weighted by Gasteiger charge is 2.67. The van der Waals surface area contributed by atoms with Gasteiger partial charge in [-0.2, -0.15) is 18.4 Å². The minimum absolute atomic E-state index is 0.136. The van der Waals surface area contributed by atoms with Crippen LogP contribution < -0.4 is 5.73 Å². The van der Waals surface area contributed by atoms with Crippen molar-refractivity contribution in [3.05, 3.63) is 29.3 Å². The molecule has 3 rings (SSSR count). The number of alkyl halides is 3. The van der Waals surface area contributed by atoms with Gasteiger partial charge in [-0.1, -0.05) is 23.7 Å². The number of nitriles is 1. The Bertz CT molecular complexity index is 1070. The highest BCUT2D eigenvalue weighted by molar-refractivity contribution is 7.92. The number of aliphatic carboxylic acids is 1. The number of nitrogens with zero attached hydrogens (tertiary/aromatic N) is 2. The molecular formula is C18H17ClF3N3O5S. The van der Waals surface area contributed by atoms with E-state index in [2.05, 4.69) is 0 Å². The summed E-state index contributed by atoms with van der Waals surface area (Å²) in [5.41, 5.74) is 3.51. The maximum absolute atomic E-state index is 14.0. The molecule has 2 aliphatic rings. The smallest absolute Gasteiger partial charge is 0.406 e. The summed E-state index contributed by atoms with van der Waals surface area (Å²) >= 11 is 5.83. The van der Waals surface area contributed by atoms with Crippen LogP contribution in [-0.4, -0.2) is 60.4 Å². The number of likely N-dealkylation sites (tertiary alicyclic amines) is 1. The Hall–Kier alpha value is -2.36. The van der Waals surface area contributed by atoms with E-state index in [1.54, 1.807) is 6.07 Å². The zero-order valence-electron chi connectivity index (χ0n) is 15.7. The monoisotopic (exact) mass is 479 g/mol. The van der Waals surface area contributed by atoms with Crippen LogP contribution in [0.1, 0.15) is 12.8 Å². The molecule has 0 radical (unpaired) electrons. The van der Waals surface area contributed by atoms with Gasteiger partial charge in [0.1, 0.15) is 6.04 Å². The van der Waals surface area contributed by atoms with Gasteiger partial charge in [0, 0.05) is 12.6 Å². The molecule has 1 aromatic carbocycles. The SMILES string of the molecule is N#CC1(C(N)=O)CC1N1C[C@H](C(C(F)(F)F)S(=O)(=O)c2ccccc2Cl)C[C@H]1C(=O)O. The number of carboxylic acids is 1. The number of hydrogen-bond acceptors (Lipinski definition) is 6. The number of carbonyl (C=O) groups is 2. The van der Waals surface area contributed by atoms with Crippen molar-refractivity contribution in [2.45, 2.75) is 41.2 Å². The van der Waals surface area contributed by atoms with Crippen LogP contribution in [0.3, 0.4) is 0 Å². The Morgan fingerprint density at radius 2 is 1.97 bits per heavy atom. The lowest BCUT2D eigenvalue weighted by Crippen LogP contribution is -2.45. The van der Waals surface area contributed by atoms with Crippen LogP contribution in [0.25, 0.3) is 0 Å². The highest BCUT2D eigenvalue weighted by atomic mass is 35.5. The summed E-state index contributed by atoms with van der Waals surface area (Å²) < 4.78 is 67.9. The molecule has 8 nitrogen and oxygen atoms in total. The fourth-order valence-electron chi connectivity index (χ4n) is 4.30. The van der Waals surface area contributed by atoms with Crippen LogP contribution >= 0.6 is 11.6 Å². The van der Waals surface area contributed by atoms with Gasteiger partial charge in [0.2, 0.25) is 5.91 Å². The van der Waals surface area contributed by atoms with Gasteiger partial charge in [0.25, 0.3) is 0 Å². The number of amides is 1. The highest BCUT2D eigenvalue weighted by Crippen LogP contribution is 2.53. The molecule has 13 heteroatoms. The lowest BCUT2D eigenvalue weighted by molar-refractivity contribution is -0.144. The summed E-state index contributed by atoms with van der Waals surface area (Å²) in [4.78, 5) is 23.7. The van der Waals surface area contributed by atoms with Crippen molar-refractivity contribution in [1.82, 2.24) is 4.90 Å². The number of sulfone groups is 1. The predicted octanol–water partition coefficient (Wildman–Crippen LogP) is 1.59. The lowest BCUT2D eigenvalue weighted by Gasteiger charge is -2.27. The first-order valence-electron chi connectivity index (χ1n) is 9.02. The molecule has 5 atom stereocenters. The Labute approximate surface area is 180 Å². The van der Waals surface area contributed by atoms with E-state index in [0.717, 1.165) is 17.0 Å². The molecule has 1 saturated carbocycles. The number of halogens is 4. The van der Waals surface area contributed by atoms with Crippen molar-refractivity contribution in [2.75, 3.05) is 6.54 Å². The molecule has 31 heavy (non-hydrogen) atoms. The molecule has 1 amide bonds. The standard InChI is InChI=1S/C18H17ClF3N3O5S/c19-10-3-1-2-4-12(10)31(29,30)14(18(20,21)22)9-5-11(15(26)27)25(7-9)13-6-17(13,8-23)16(24)28/h1-4,9,11,13-14H,5-7H2,(H2,24,28)(H,26,27)/t9-,11+,13?,14?,17?/m1/s1. The molecule has 0 bridgehead atoms. The van der Waals surface area contributed by atoms with Gasteiger partial charge in [0.05, 0.1) is 16.0 Å². The van der Waals surface area contributed by atoms with Crippen LogP contribution in [0.4, 0.5) is 13.2 Å². The number of benzene rings is 1. The van der Waals surface area contributed by atoms with E-state index in [9.17, 15) is 41.5 Å². The predicted molar refractivity (Wildman–Crippen MR) is 100 cm³/mol. The van der Waals surface area contributed by atoms with Crippen molar-refractivity contribution in [2.24, 2.45) is 17.1 Å². The van der Waals surface area contributed by atoms with E-state index in [1.807, 2.05) is 0 Å². The minimum Gasteiger partial charge on any atom is -0.480 e. The largest absolute Gasteiger partial charge is 0.480 e. The number of rotatable bonds is 6. The summed E-state index contributed by atoms with van der Waals surface area (Å²) in [6.45, 7) is -0.591. The third-order valence-corrected chi connectivity index (χ3v) is 8.58. The normalized spacial score (nSPS) is 29.8. The van der Waals surface area contributed by atoms with Gasteiger partial charge in [-0.15, -0.1) is 0 Å². The van der Waals surface area contributed by atoms with Gasteiger partial charge in [-0.25, -0.2) is 8.42 Å². The third-order valence-electron chi connectivity index (χ3n) is 5.85. The maximum Gasteiger partial charge on any atom is 0.406 e. The molecular weight excluding hydrogens is 463 g/mol. The van der Waals surface area contributed by atoms with Gasteiger partial charge in [-0.05, 0) is 30.9 Å². The molecule has 2 fully saturated rings. The summed E-state index contributed by atoms with van der Waals surface area (Å²) in [6.07, 6.45) is -6.00. The fraction of sp³-hybridized carbons (Fsp3) is 0.500. The average molecular weight is 480 g/mol. The van der Waals surface area contributed by atoms with Crippen molar-refractivity contribution < 1.29 is 36.3 Å². The first-order valence-corrected chi connectivity index (χ1v) is 10.9. The lowest BCUT2D eigenvalue weighted by atomic mass is 10.0. The van der Waals surface area contributed by atoms with Crippen LogP contribution in [0, 0.1) is 22.7 Å². The number of primary amides is 1. The van der Waals surface area contributed by atoms with Crippen LogP contribution in [0.5, 0.6) is 0 Å². The van der Waals surface area contributed by atoms with Crippen LogP contribution in [-0.2, 0) is 19.4 Å². The molecule has 1 aliphatic carbocycles. The molecule has 3 N–H and O–H groups in total. The van der Waals surface area contributed by atoms with E-state index in [-0.39, 0.29) is 11.4 Å². The number of hydrogen-bond donors (Lipinski definition) is 2. The van der Waals surface area contributed by atoms with E-state index < -0.39 is 74.4 Å². The van der Waals surface area contributed by atoms with E-state index >= 15 is 0 Å². The van der Waals surface area contributed by atoms with Gasteiger partial charge in [-0.3, -0.25) is 14.5 Å². The molecule has 168 valence electrons. The summed E-state index contributed by atoms with van der Waals surface area (Å²) in [7, 11) is -5.03. The average Bonchev–Trinajstić information content (AvgIpc) is 3.25. The number of nitrogens with two attached hydrogens (primary N) is 1. The molecule has 1 aliphatic heterocycles. The van der Waals surface area contributed by atoms with Crippen molar-refractivity contribution in [3.63, 3.8) is 0 Å². The number of carboxylic acid groups (broad SMARTS) is 1. The van der Waals surface area contributed by atoms with Gasteiger partial charge >= 0.3 is 12.1 Å². The zero-order chi connectivity index (χ0) is 23.4. The summed E-state index contributed by atoms with van der Waals surface area (Å²) in [5, 5.41) is 15.5. The van der Waals surface area contributed by atoms with E-state index in [1.165, 1.54) is 12.1 Å². The molecule has 1 saturated heterocycles. The van der Waals surface area contributed by atoms with Crippen molar-refractivity contribution in [3.8, 4) is 6.07 Å². The summed E-state index contributed by atoms with van der Waals surface area (Å²) in [5.74, 6) is -4.15. The first-order chi connectivity index (χ1) is 14.3. The Morgan fingerprint density at radius 1 is 1.35 bits per heavy atom. The molecule has 3 unspecified atom stereocenters. The Balaban J connectivity index is 2.01. The Morgan fingerprint density at radius 3 is 2.42 bits per heavy atom. The first kappa shape index (κ1) is 23.3. The van der Waals surface area contributed by atoms with Crippen molar-refractivity contribution in [1.29, 1.82) is 5.26 Å². The zero-order valence-corrected chi connectivity index (χ0v) is 17.3. The molecule has 0 aromatic heterocycles. The van der Waals surface area contributed by atoms with E-state index in [4.69, 9.17) is 17.3 Å². The second-order valence-electron chi connectivity index (χ2n) is 7.65. The molecule has 1 heterocycles. The van der Waals surface area contributed by atoms with Crippen LogP contribution in [0.15, 0.2) is 29.2 Å². The second kappa shape index (κ2) is 7.65. The Kier molecular flexibility index (Phi) is 5.75. The molecule has 0 spiro atoms. The number of carbonyl (C=O) groups excluding carboxylic acids is 1. The van der Waals surface area contributed by atoms with E-state index in [0.29, 0.717) is 0 Å². The van der Waals surface area contributed by atoms with Crippen LogP contribution in [0.2, 0.25) is 5.02 Å². The van der Waals surface area contributed by atoms with Crippen molar-refractivity contribution >= 4 is 33.3 Å². The van der Waals surface area contributed by atoms with Gasteiger partial charge in [0.15, 0.2) is 20.5 Å². The van der Waals surface area contributed by atoms with Gasteiger partial charge < -0.3 is 10.8 Å². The molecule has 1 aromatic rings. The topological polar surface area (TPSA) is 142 Å².